The predicted octanol–water partition coefficient (Wildman–Crippen LogP) is 4.40. The predicted molar refractivity (Wildman–Crippen MR) is 94.9 cm³/mol. The molecule has 0 unspecified atom stereocenters. The molecule has 1 aliphatic carbocycles. The zero-order chi connectivity index (χ0) is 16.7. The van der Waals surface area contributed by atoms with E-state index >= 15 is 0 Å². The number of aryl methyl sites for hydroxylation is 2. The van der Waals surface area contributed by atoms with Crippen LogP contribution in [0.2, 0.25) is 0 Å². The first-order chi connectivity index (χ1) is 11.6. The van der Waals surface area contributed by atoms with Crippen LogP contribution < -0.4 is 0 Å². The molecule has 0 amide bonds. The van der Waals surface area contributed by atoms with Crippen molar-refractivity contribution in [2.75, 3.05) is 0 Å². The molecule has 1 aliphatic rings. The highest BCUT2D eigenvalue weighted by Crippen LogP contribution is 2.34. The number of Topliss-reactive ketones (excluding diaryl/α,β-unsaturated/α-hetero) is 1. The Labute approximate surface area is 141 Å². The molecule has 4 rings (SSSR count). The molecule has 3 nitrogen and oxygen atoms in total. The van der Waals surface area contributed by atoms with Crippen molar-refractivity contribution in [2.24, 2.45) is 0 Å². The van der Waals surface area contributed by atoms with Crippen LogP contribution in [0.4, 0.5) is 0 Å². The highest BCUT2D eigenvalue weighted by Gasteiger charge is 2.30. The topological polar surface area (TPSA) is 34.9 Å². The average Bonchev–Trinajstić information content (AvgIpc) is 3.00. The zero-order valence-electron chi connectivity index (χ0n) is 14.0. The van der Waals surface area contributed by atoms with Gasteiger partial charge in [0, 0.05) is 6.42 Å². The number of ketones is 1. The van der Waals surface area contributed by atoms with E-state index in [1.807, 2.05) is 10.7 Å². The van der Waals surface area contributed by atoms with E-state index in [0.717, 1.165) is 23.4 Å². The maximum absolute atomic E-state index is 12.6. The van der Waals surface area contributed by atoms with Crippen molar-refractivity contribution >= 4 is 5.78 Å². The third-order valence-corrected chi connectivity index (χ3v) is 4.95. The number of carbonyl (C=O) groups is 1. The Hall–Kier alpha value is -2.68. The fraction of sp³-hybridized carbons (Fsp3) is 0.238. The van der Waals surface area contributed by atoms with Crippen LogP contribution >= 0.6 is 0 Å². The normalized spacial score (nSPS) is 16.9. The second-order valence-corrected chi connectivity index (χ2v) is 6.64. The Balaban J connectivity index is 1.76. The van der Waals surface area contributed by atoms with Crippen molar-refractivity contribution in [3.8, 4) is 5.69 Å². The summed E-state index contributed by atoms with van der Waals surface area (Å²) in [4.78, 5) is 12.6. The van der Waals surface area contributed by atoms with Crippen LogP contribution in [0.3, 0.4) is 0 Å². The molecule has 1 heterocycles. The molecule has 2 aromatic carbocycles. The van der Waals surface area contributed by atoms with E-state index in [1.165, 1.54) is 16.7 Å². The number of hydrogen-bond acceptors (Lipinski definition) is 2. The van der Waals surface area contributed by atoms with Crippen LogP contribution in [0.15, 0.2) is 54.7 Å². The highest BCUT2D eigenvalue weighted by molar-refractivity contribution is 5.98. The van der Waals surface area contributed by atoms with E-state index in [4.69, 9.17) is 0 Å². The van der Waals surface area contributed by atoms with Crippen LogP contribution in [0.25, 0.3) is 5.69 Å². The van der Waals surface area contributed by atoms with Gasteiger partial charge in [-0.25, -0.2) is 4.68 Å². The van der Waals surface area contributed by atoms with E-state index in [9.17, 15) is 4.79 Å². The minimum Gasteiger partial charge on any atom is -0.294 e. The molecular weight excluding hydrogens is 296 g/mol. The molecule has 0 saturated carbocycles. The number of carbonyl (C=O) groups excluding carboxylic acids is 1. The maximum Gasteiger partial charge on any atom is 0.166 e. The Morgan fingerprint density at radius 1 is 1.00 bits per heavy atom. The SMILES string of the molecule is Cc1ccc(-n2ncc3c2C[C@H](c2ccccc2C)CC3=O)cc1. The van der Waals surface area contributed by atoms with Crippen LogP contribution in [0.5, 0.6) is 0 Å². The Morgan fingerprint density at radius 3 is 2.50 bits per heavy atom. The molecule has 0 saturated heterocycles. The molecule has 0 N–H and O–H groups in total. The summed E-state index contributed by atoms with van der Waals surface area (Å²) in [6.07, 6.45) is 3.14. The smallest absolute Gasteiger partial charge is 0.166 e. The summed E-state index contributed by atoms with van der Waals surface area (Å²) >= 11 is 0. The van der Waals surface area contributed by atoms with Gasteiger partial charge in [0.1, 0.15) is 0 Å². The first kappa shape index (κ1) is 14.9. The lowest BCUT2D eigenvalue weighted by atomic mass is 9.81. The van der Waals surface area contributed by atoms with Crippen LogP contribution in [0.1, 0.15) is 45.1 Å². The van der Waals surface area contributed by atoms with E-state index < -0.39 is 0 Å². The second kappa shape index (κ2) is 5.75. The quantitative estimate of drug-likeness (QED) is 0.702. The molecule has 24 heavy (non-hydrogen) atoms. The molecule has 3 aromatic rings. The summed E-state index contributed by atoms with van der Waals surface area (Å²) in [5, 5.41) is 4.49. The first-order valence-corrected chi connectivity index (χ1v) is 8.36. The van der Waals surface area contributed by atoms with Gasteiger partial charge < -0.3 is 0 Å². The zero-order valence-corrected chi connectivity index (χ0v) is 14.0. The summed E-state index contributed by atoms with van der Waals surface area (Å²) in [5.74, 6) is 0.426. The molecule has 1 atom stereocenters. The molecule has 0 aliphatic heterocycles. The van der Waals surface area contributed by atoms with Crippen molar-refractivity contribution < 1.29 is 4.79 Å². The van der Waals surface area contributed by atoms with Crippen molar-refractivity contribution in [3.63, 3.8) is 0 Å². The van der Waals surface area contributed by atoms with Crippen LogP contribution in [-0.4, -0.2) is 15.6 Å². The summed E-state index contributed by atoms with van der Waals surface area (Å²) in [5.41, 5.74) is 6.56. The number of nitrogens with zero attached hydrogens (tertiary/aromatic N) is 2. The van der Waals surface area contributed by atoms with Gasteiger partial charge in [-0.2, -0.15) is 5.10 Å². The van der Waals surface area contributed by atoms with E-state index in [-0.39, 0.29) is 11.7 Å². The first-order valence-electron chi connectivity index (χ1n) is 8.36. The molecule has 0 bridgehead atoms. The van der Waals surface area contributed by atoms with Gasteiger partial charge in [-0.05, 0) is 49.4 Å². The fourth-order valence-corrected chi connectivity index (χ4v) is 3.62. The fourth-order valence-electron chi connectivity index (χ4n) is 3.62. The van der Waals surface area contributed by atoms with Gasteiger partial charge >= 0.3 is 0 Å². The monoisotopic (exact) mass is 316 g/mol. The average molecular weight is 316 g/mol. The van der Waals surface area contributed by atoms with E-state index in [0.29, 0.717) is 6.42 Å². The third-order valence-electron chi connectivity index (χ3n) is 4.95. The second-order valence-electron chi connectivity index (χ2n) is 6.64. The van der Waals surface area contributed by atoms with Gasteiger partial charge in [0.2, 0.25) is 0 Å². The Kier molecular flexibility index (Phi) is 3.57. The summed E-state index contributed by atoms with van der Waals surface area (Å²) in [7, 11) is 0. The summed E-state index contributed by atoms with van der Waals surface area (Å²) < 4.78 is 1.93. The highest BCUT2D eigenvalue weighted by atomic mass is 16.1. The van der Waals surface area contributed by atoms with Crippen LogP contribution in [-0.2, 0) is 6.42 Å². The van der Waals surface area contributed by atoms with Gasteiger partial charge in [0.15, 0.2) is 5.78 Å². The van der Waals surface area contributed by atoms with Gasteiger partial charge in [0.25, 0.3) is 0 Å². The van der Waals surface area contributed by atoms with E-state index in [1.54, 1.807) is 6.20 Å². The van der Waals surface area contributed by atoms with Crippen LogP contribution in [0, 0.1) is 13.8 Å². The molecule has 120 valence electrons. The lowest BCUT2D eigenvalue weighted by molar-refractivity contribution is 0.0963. The third kappa shape index (κ3) is 2.46. The van der Waals surface area contributed by atoms with Gasteiger partial charge in [-0.1, -0.05) is 42.0 Å². The number of benzene rings is 2. The number of fused-ring (bicyclic) bond motifs is 1. The maximum atomic E-state index is 12.6. The molecule has 1 aromatic heterocycles. The van der Waals surface area contributed by atoms with Crippen molar-refractivity contribution in [3.05, 3.63) is 82.7 Å². The standard InChI is InChI=1S/C21H20N2O/c1-14-7-9-17(10-8-14)23-20-11-16(12-21(24)19(20)13-22-23)18-6-4-3-5-15(18)2/h3-10,13,16H,11-12H2,1-2H3/t16-/m0/s1. The van der Waals surface area contributed by atoms with E-state index in [2.05, 4.69) is 61.4 Å². The molecule has 0 spiro atoms. The van der Waals surface area contributed by atoms with Crippen molar-refractivity contribution in [2.45, 2.75) is 32.6 Å². The molecular formula is C21H20N2O. The van der Waals surface area contributed by atoms with Crippen molar-refractivity contribution in [1.82, 2.24) is 9.78 Å². The Bertz CT molecular complexity index is 906. The lowest BCUT2D eigenvalue weighted by Gasteiger charge is -2.24. The summed E-state index contributed by atoms with van der Waals surface area (Å²) in [6.45, 7) is 4.19. The number of rotatable bonds is 2. The largest absolute Gasteiger partial charge is 0.294 e. The van der Waals surface area contributed by atoms with Gasteiger partial charge in [0.05, 0.1) is 23.1 Å². The summed E-state index contributed by atoms with van der Waals surface area (Å²) in [6, 6.07) is 16.6. The lowest BCUT2D eigenvalue weighted by Crippen LogP contribution is -2.20. The number of aromatic nitrogens is 2. The molecule has 0 radical (unpaired) electrons. The minimum absolute atomic E-state index is 0.197. The van der Waals surface area contributed by atoms with Crippen molar-refractivity contribution in [1.29, 1.82) is 0 Å². The molecule has 0 fully saturated rings. The number of hydrogen-bond donors (Lipinski definition) is 0. The molecule has 3 heteroatoms. The Morgan fingerprint density at radius 2 is 1.75 bits per heavy atom. The van der Waals surface area contributed by atoms with Gasteiger partial charge in [-0.15, -0.1) is 0 Å². The van der Waals surface area contributed by atoms with Gasteiger partial charge in [-0.3, -0.25) is 4.79 Å². The minimum atomic E-state index is 0.197.